The van der Waals surface area contributed by atoms with Gasteiger partial charge in [-0.05, 0) is 44.5 Å². The van der Waals surface area contributed by atoms with Crippen LogP contribution in [-0.4, -0.2) is 30.0 Å². The van der Waals surface area contributed by atoms with Gasteiger partial charge in [0.05, 0.1) is 23.5 Å². The first-order valence-electron chi connectivity index (χ1n) is 6.92. The van der Waals surface area contributed by atoms with Crippen LogP contribution in [0.4, 0.5) is 5.69 Å². The van der Waals surface area contributed by atoms with Gasteiger partial charge in [-0.3, -0.25) is 15.0 Å². The van der Waals surface area contributed by atoms with Crippen molar-refractivity contribution in [3.63, 3.8) is 0 Å². The molecule has 1 saturated heterocycles. The van der Waals surface area contributed by atoms with E-state index in [1.165, 1.54) is 7.11 Å². The van der Waals surface area contributed by atoms with Gasteiger partial charge in [-0.2, -0.15) is 5.26 Å². The predicted octanol–water partition coefficient (Wildman–Crippen LogP) is 2.73. The van der Waals surface area contributed by atoms with E-state index in [2.05, 4.69) is 11.0 Å². The van der Waals surface area contributed by atoms with E-state index in [4.69, 9.17) is 10.00 Å². The molecule has 0 amide bonds. The van der Waals surface area contributed by atoms with Crippen molar-refractivity contribution in [1.82, 2.24) is 4.90 Å². The molecule has 0 saturated carbocycles. The Morgan fingerprint density at radius 3 is 2.67 bits per heavy atom. The van der Waals surface area contributed by atoms with Crippen LogP contribution in [0.2, 0.25) is 0 Å². The summed E-state index contributed by atoms with van der Waals surface area (Å²) in [5.41, 5.74) is 0.652. The largest absolute Gasteiger partial charge is 0.490 e. The lowest BCUT2D eigenvalue weighted by molar-refractivity contribution is -0.385. The third-order valence-electron chi connectivity index (χ3n) is 4.08. The summed E-state index contributed by atoms with van der Waals surface area (Å²) in [5, 5.41) is 20.1. The van der Waals surface area contributed by atoms with Crippen LogP contribution >= 0.6 is 0 Å². The van der Waals surface area contributed by atoms with E-state index in [0.717, 1.165) is 31.5 Å². The van der Waals surface area contributed by atoms with E-state index in [-0.39, 0.29) is 16.9 Å². The molecule has 1 aromatic rings. The van der Waals surface area contributed by atoms with Crippen LogP contribution in [0.5, 0.6) is 5.75 Å². The Labute approximate surface area is 124 Å². The van der Waals surface area contributed by atoms with E-state index < -0.39 is 4.92 Å². The third-order valence-corrected chi connectivity index (χ3v) is 4.08. The smallest absolute Gasteiger partial charge is 0.311 e. The molecule has 0 unspecified atom stereocenters. The van der Waals surface area contributed by atoms with Crippen molar-refractivity contribution in [2.75, 3.05) is 20.2 Å². The molecule has 112 valence electrons. The fourth-order valence-corrected chi connectivity index (χ4v) is 2.55. The van der Waals surface area contributed by atoms with Crippen molar-refractivity contribution in [2.24, 2.45) is 5.41 Å². The second-order valence-electron chi connectivity index (χ2n) is 5.71. The first-order chi connectivity index (χ1) is 9.97. The second-order valence-corrected chi connectivity index (χ2v) is 5.71. The van der Waals surface area contributed by atoms with Gasteiger partial charge in [0.1, 0.15) is 0 Å². The zero-order valence-electron chi connectivity index (χ0n) is 12.3. The summed E-state index contributed by atoms with van der Waals surface area (Å²) in [6, 6.07) is 7.42. The van der Waals surface area contributed by atoms with Gasteiger partial charge in [0, 0.05) is 12.6 Å². The summed E-state index contributed by atoms with van der Waals surface area (Å²) in [7, 11) is 1.43. The summed E-state index contributed by atoms with van der Waals surface area (Å²) in [5.74, 6) is 0.277. The van der Waals surface area contributed by atoms with Gasteiger partial charge in [0.15, 0.2) is 5.75 Å². The summed E-state index contributed by atoms with van der Waals surface area (Å²) < 4.78 is 5.00. The summed E-state index contributed by atoms with van der Waals surface area (Å²) in [6.45, 7) is 4.32. The summed E-state index contributed by atoms with van der Waals surface area (Å²) in [4.78, 5) is 12.8. The first kappa shape index (κ1) is 15.3. The van der Waals surface area contributed by atoms with Gasteiger partial charge in [-0.25, -0.2) is 0 Å². The maximum absolute atomic E-state index is 11.0. The highest BCUT2D eigenvalue weighted by molar-refractivity contribution is 5.48. The van der Waals surface area contributed by atoms with E-state index in [0.29, 0.717) is 6.54 Å². The third kappa shape index (κ3) is 3.50. The molecular weight excluding hydrogens is 270 g/mol. The fraction of sp³-hybridized carbons (Fsp3) is 0.533. The van der Waals surface area contributed by atoms with Crippen molar-refractivity contribution >= 4 is 5.69 Å². The number of nitro groups is 1. The van der Waals surface area contributed by atoms with Gasteiger partial charge < -0.3 is 4.74 Å². The van der Waals surface area contributed by atoms with Gasteiger partial charge in [0.25, 0.3) is 0 Å². The Bertz CT molecular complexity index is 572. The van der Waals surface area contributed by atoms with Crippen LogP contribution in [-0.2, 0) is 6.54 Å². The average molecular weight is 289 g/mol. The molecule has 21 heavy (non-hydrogen) atoms. The first-order valence-corrected chi connectivity index (χ1v) is 6.92. The highest BCUT2D eigenvalue weighted by Gasteiger charge is 2.30. The van der Waals surface area contributed by atoms with Gasteiger partial charge in [-0.1, -0.05) is 6.07 Å². The van der Waals surface area contributed by atoms with Crippen molar-refractivity contribution in [3.8, 4) is 11.8 Å². The van der Waals surface area contributed by atoms with Crippen molar-refractivity contribution < 1.29 is 9.66 Å². The van der Waals surface area contributed by atoms with E-state index >= 15 is 0 Å². The number of ether oxygens (including phenoxy) is 1. The van der Waals surface area contributed by atoms with Crippen LogP contribution in [0.15, 0.2) is 18.2 Å². The molecule has 0 bridgehead atoms. The van der Waals surface area contributed by atoms with E-state index in [1.807, 2.05) is 13.0 Å². The number of likely N-dealkylation sites (tertiary alicyclic amines) is 1. The van der Waals surface area contributed by atoms with E-state index in [1.54, 1.807) is 12.1 Å². The number of benzene rings is 1. The minimum atomic E-state index is -0.425. The maximum atomic E-state index is 11.0. The van der Waals surface area contributed by atoms with Crippen molar-refractivity contribution in [3.05, 3.63) is 33.9 Å². The quantitative estimate of drug-likeness (QED) is 0.629. The summed E-state index contributed by atoms with van der Waals surface area (Å²) >= 11 is 0. The number of nitro benzene ring substituents is 1. The molecule has 1 heterocycles. The summed E-state index contributed by atoms with van der Waals surface area (Å²) in [6.07, 6.45) is 1.67. The molecule has 0 atom stereocenters. The molecule has 6 heteroatoms. The predicted molar refractivity (Wildman–Crippen MR) is 77.9 cm³/mol. The van der Waals surface area contributed by atoms with Crippen LogP contribution in [0.3, 0.4) is 0 Å². The normalized spacial score (nSPS) is 18.0. The number of hydrogen-bond acceptors (Lipinski definition) is 5. The Morgan fingerprint density at radius 2 is 2.14 bits per heavy atom. The highest BCUT2D eigenvalue weighted by Crippen LogP contribution is 2.32. The molecule has 0 radical (unpaired) electrons. The molecule has 1 aliphatic rings. The molecule has 2 rings (SSSR count). The van der Waals surface area contributed by atoms with Gasteiger partial charge in [-0.15, -0.1) is 0 Å². The lowest BCUT2D eigenvalue weighted by Gasteiger charge is -2.34. The molecule has 0 aromatic heterocycles. The monoisotopic (exact) mass is 289 g/mol. The molecular formula is C15H19N3O3. The Hall–Kier alpha value is -2.13. The van der Waals surface area contributed by atoms with Crippen molar-refractivity contribution in [1.29, 1.82) is 5.26 Å². The molecule has 1 aromatic carbocycles. The minimum absolute atomic E-state index is 0.00567. The number of piperidine rings is 1. The number of rotatable bonds is 4. The lowest BCUT2D eigenvalue weighted by atomic mass is 9.82. The Balaban J connectivity index is 2.06. The average Bonchev–Trinajstić information content (AvgIpc) is 2.49. The van der Waals surface area contributed by atoms with Gasteiger partial charge >= 0.3 is 5.69 Å². The Morgan fingerprint density at radius 1 is 1.48 bits per heavy atom. The van der Waals surface area contributed by atoms with Crippen molar-refractivity contribution in [2.45, 2.75) is 26.3 Å². The number of nitriles is 1. The maximum Gasteiger partial charge on any atom is 0.311 e. The number of methoxy groups -OCH3 is 1. The fourth-order valence-electron chi connectivity index (χ4n) is 2.55. The molecule has 0 N–H and O–H groups in total. The molecule has 1 aliphatic heterocycles. The molecule has 0 spiro atoms. The SMILES string of the molecule is COc1ccc(CN2CCC(C)(C#N)CC2)cc1[N+](=O)[O-]. The van der Waals surface area contributed by atoms with Gasteiger partial charge in [0.2, 0.25) is 0 Å². The van der Waals surface area contributed by atoms with Crippen LogP contribution in [0.1, 0.15) is 25.3 Å². The van der Waals surface area contributed by atoms with Crippen LogP contribution < -0.4 is 4.74 Å². The molecule has 0 aliphatic carbocycles. The minimum Gasteiger partial charge on any atom is -0.490 e. The zero-order chi connectivity index (χ0) is 15.5. The standard InChI is InChI=1S/C15H19N3O3/c1-15(11-16)5-7-17(8-6-15)10-12-3-4-14(21-2)13(9-12)18(19)20/h3-4,9H,5-8,10H2,1-2H3. The lowest BCUT2D eigenvalue weighted by Crippen LogP contribution is -2.37. The number of nitrogens with zero attached hydrogens (tertiary/aromatic N) is 3. The number of hydrogen-bond donors (Lipinski definition) is 0. The zero-order valence-corrected chi connectivity index (χ0v) is 12.3. The topological polar surface area (TPSA) is 79.4 Å². The molecule has 1 fully saturated rings. The highest BCUT2D eigenvalue weighted by atomic mass is 16.6. The van der Waals surface area contributed by atoms with Crippen LogP contribution in [0.25, 0.3) is 0 Å². The second kappa shape index (κ2) is 6.10. The van der Waals surface area contributed by atoms with Crippen LogP contribution in [0, 0.1) is 26.9 Å². The Kier molecular flexibility index (Phi) is 4.43. The van der Waals surface area contributed by atoms with E-state index in [9.17, 15) is 10.1 Å². The molecule has 6 nitrogen and oxygen atoms in total.